The Hall–Kier alpha value is -3.11. The van der Waals surface area contributed by atoms with Gasteiger partial charge in [-0.15, -0.1) is 0 Å². The molecular formula is C31H44F3N5O2. The van der Waals surface area contributed by atoms with Gasteiger partial charge in [0.25, 0.3) is 5.69 Å². The molecule has 0 aromatic heterocycles. The SMILES string of the molecule is C=C/C=C(\C=C/CN1CCN(CC(C)C(=C)N2CC[C@@H](Nc3ccc([N+](=O)[O-])c(C(F)(F)F)c3)C2)CC1)C(C)(C)C. The summed E-state index contributed by atoms with van der Waals surface area (Å²) in [5.74, 6) is 0.245. The van der Waals surface area contributed by atoms with E-state index in [4.69, 9.17) is 0 Å². The third kappa shape index (κ3) is 9.19. The maximum Gasteiger partial charge on any atom is 0.423 e. The fourth-order valence-electron chi connectivity index (χ4n) is 5.36. The van der Waals surface area contributed by atoms with Gasteiger partial charge in [-0.25, -0.2) is 0 Å². The molecule has 1 unspecified atom stereocenters. The molecule has 0 amide bonds. The van der Waals surface area contributed by atoms with E-state index < -0.39 is 22.4 Å². The number of anilines is 1. The summed E-state index contributed by atoms with van der Waals surface area (Å²) >= 11 is 0. The van der Waals surface area contributed by atoms with Gasteiger partial charge in [0.05, 0.1) is 4.92 Å². The summed E-state index contributed by atoms with van der Waals surface area (Å²) in [4.78, 5) is 17.2. The molecule has 2 fully saturated rings. The molecule has 7 nitrogen and oxygen atoms in total. The van der Waals surface area contributed by atoms with Crippen LogP contribution in [0.2, 0.25) is 0 Å². The number of benzene rings is 1. The molecule has 2 heterocycles. The minimum atomic E-state index is -4.80. The van der Waals surface area contributed by atoms with E-state index in [0.29, 0.717) is 6.54 Å². The second-order valence-electron chi connectivity index (χ2n) is 12.1. The van der Waals surface area contributed by atoms with Crippen molar-refractivity contribution < 1.29 is 18.1 Å². The van der Waals surface area contributed by atoms with Gasteiger partial charge in [0.15, 0.2) is 0 Å². The maximum absolute atomic E-state index is 13.4. The van der Waals surface area contributed by atoms with Crippen LogP contribution in [0.4, 0.5) is 24.5 Å². The van der Waals surface area contributed by atoms with E-state index in [1.807, 2.05) is 6.08 Å². The van der Waals surface area contributed by atoms with Gasteiger partial charge in [-0.1, -0.05) is 65.2 Å². The molecule has 41 heavy (non-hydrogen) atoms. The maximum atomic E-state index is 13.4. The highest BCUT2D eigenvalue weighted by Crippen LogP contribution is 2.38. The van der Waals surface area contributed by atoms with E-state index in [1.54, 1.807) is 0 Å². The zero-order valence-corrected chi connectivity index (χ0v) is 24.7. The van der Waals surface area contributed by atoms with Crippen LogP contribution < -0.4 is 5.32 Å². The third-order valence-electron chi connectivity index (χ3n) is 7.85. The first-order valence-electron chi connectivity index (χ1n) is 14.2. The summed E-state index contributed by atoms with van der Waals surface area (Å²) in [6.07, 6.45) is 4.29. The van der Waals surface area contributed by atoms with E-state index in [9.17, 15) is 23.3 Å². The monoisotopic (exact) mass is 575 g/mol. The van der Waals surface area contributed by atoms with Crippen LogP contribution in [-0.2, 0) is 6.18 Å². The molecule has 0 saturated carbocycles. The molecule has 10 heteroatoms. The zero-order valence-electron chi connectivity index (χ0n) is 24.7. The number of nitro groups is 1. The van der Waals surface area contributed by atoms with Gasteiger partial charge in [-0.3, -0.25) is 15.0 Å². The number of nitrogens with zero attached hydrogens (tertiary/aromatic N) is 4. The highest BCUT2D eigenvalue weighted by molar-refractivity contribution is 5.55. The van der Waals surface area contributed by atoms with Crippen molar-refractivity contribution in [3.63, 3.8) is 0 Å². The highest BCUT2D eigenvalue weighted by Gasteiger charge is 2.38. The van der Waals surface area contributed by atoms with Crippen LogP contribution in [0, 0.1) is 21.4 Å². The van der Waals surface area contributed by atoms with Crippen molar-refractivity contribution >= 4 is 11.4 Å². The lowest BCUT2D eigenvalue weighted by Crippen LogP contribution is -2.48. The number of piperazine rings is 1. The van der Waals surface area contributed by atoms with Crippen molar-refractivity contribution in [2.75, 3.05) is 57.7 Å². The second-order valence-corrected chi connectivity index (χ2v) is 12.1. The number of allylic oxidation sites excluding steroid dienone is 4. The number of hydrogen-bond acceptors (Lipinski definition) is 6. The normalized spacial score (nSPS) is 20.4. The van der Waals surface area contributed by atoms with Crippen LogP contribution in [0.25, 0.3) is 0 Å². The Balaban J connectivity index is 1.46. The van der Waals surface area contributed by atoms with Crippen LogP contribution in [0.1, 0.15) is 39.7 Å². The van der Waals surface area contributed by atoms with Gasteiger partial charge >= 0.3 is 6.18 Å². The predicted octanol–water partition coefficient (Wildman–Crippen LogP) is 6.58. The van der Waals surface area contributed by atoms with Crippen molar-refractivity contribution in [3.8, 4) is 0 Å². The van der Waals surface area contributed by atoms with E-state index in [1.165, 1.54) is 11.6 Å². The molecule has 1 aromatic rings. The summed E-state index contributed by atoms with van der Waals surface area (Å²) in [5, 5.41) is 14.2. The minimum Gasteiger partial charge on any atom is -0.380 e. The Bertz CT molecular complexity index is 1150. The molecular weight excluding hydrogens is 531 g/mol. The fraction of sp³-hybridized carbons (Fsp3) is 0.548. The van der Waals surface area contributed by atoms with E-state index >= 15 is 0 Å². The molecule has 1 N–H and O–H groups in total. The highest BCUT2D eigenvalue weighted by atomic mass is 19.4. The Labute approximate surface area is 242 Å². The van der Waals surface area contributed by atoms with Gasteiger partial charge in [-0.2, -0.15) is 13.2 Å². The Morgan fingerprint density at radius 2 is 1.83 bits per heavy atom. The molecule has 3 rings (SSSR count). The zero-order chi connectivity index (χ0) is 30.4. The number of likely N-dealkylation sites (tertiary alicyclic amines) is 1. The molecule has 0 radical (unpaired) electrons. The Morgan fingerprint density at radius 1 is 1.17 bits per heavy atom. The van der Waals surface area contributed by atoms with Crippen LogP contribution in [0.3, 0.4) is 0 Å². The van der Waals surface area contributed by atoms with Crippen LogP contribution >= 0.6 is 0 Å². The van der Waals surface area contributed by atoms with Gasteiger partial charge in [0.1, 0.15) is 5.56 Å². The first kappa shape index (κ1) is 32.4. The molecule has 2 atom stereocenters. The topological polar surface area (TPSA) is 64.9 Å². The summed E-state index contributed by atoms with van der Waals surface area (Å²) in [6, 6.07) is 3.01. The number of hydrogen-bond donors (Lipinski definition) is 1. The second kappa shape index (κ2) is 13.7. The summed E-state index contributed by atoms with van der Waals surface area (Å²) in [7, 11) is 0. The summed E-state index contributed by atoms with van der Waals surface area (Å²) < 4.78 is 40.1. The van der Waals surface area contributed by atoms with E-state index in [0.717, 1.165) is 70.1 Å². The summed E-state index contributed by atoms with van der Waals surface area (Å²) in [5.41, 5.74) is 0.420. The lowest BCUT2D eigenvalue weighted by Gasteiger charge is -2.37. The van der Waals surface area contributed by atoms with E-state index in [2.05, 4.69) is 79.1 Å². The van der Waals surface area contributed by atoms with Crippen molar-refractivity contribution in [2.24, 2.45) is 11.3 Å². The number of alkyl halides is 3. The minimum absolute atomic E-state index is 0.0711. The number of nitrogens with one attached hydrogen (secondary N) is 1. The van der Waals surface area contributed by atoms with E-state index in [-0.39, 0.29) is 23.1 Å². The molecule has 0 aliphatic carbocycles. The Kier molecular flexibility index (Phi) is 10.8. The standard InChI is InChI=1S/C31H44F3N5O2/c1-7-9-25(30(4,5)6)10-8-14-36-16-18-37(19-17-36)21-23(2)24(3)38-15-13-27(22-38)35-26-11-12-29(39(40)41)28(20-26)31(32,33)34/h7-12,20,23,27,35H,1,3,13-19,21-22H2,2,4-6H3/b10-8-,25-9+/t23?,27-/m1/s1. The van der Waals surface area contributed by atoms with Crippen LogP contribution in [-0.4, -0.2) is 78.0 Å². The molecule has 0 spiro atoms. The number of halogens is 3. The lowest BCUT2D eigenvalue weighted by atomic mass is 9.86. The average Bonchev–Trinajstić information content (AvgIpc) is 3.35. The van der Waals surface area contributed by atoms with Crippen LogP contribution in [0.15, 0.2) is 66.9 Å². The molecule has 2 saturated heterocycles. The lowest BCUT2D eigenvalue weighted by molar-refractivity contribution is -0.388. The van der Waals surface area contributed by atoms with Gasteiger partial charge in [0.2, 0.25) is 0 Å². The van der Waals surface area contributed by atoms with Crippen molar-refractivity contribution in [2.45, 2.75) is 46.3 Å². The smallest absolute Gasteiger partial charge is 0.380 e. The molecule has 0 bridgehead atoms. The number of nitro benzene ring substituents is 1. The molecule has 1 aromatic carbocycles. The van der Waals surface area contributed by atoms with Crippen molar-refractivity contribution in [3.05, 3.63) is 82.6 Å². The largest absolute Gasteiger partial charge is 0.423 e. The molecule has 2 aliphatic heterocycles. The van der Waals surface area contributed by atoms with Crippen molar-refractivity contribution in [1.29, 1.82) is 0 Å². The Morgan fingerprint density at radius 3 is 2.41 bits per heavy atom. The first-order valence-corrected chi connectivity index (χ1v) is 14.2. The van der Waals surface area contributed by atoms with Crippen LogP contribution in [0.5, 0.6) is 0 Å². The molecule has 226 valence electrons. The summed E-state index contributed by atoms with van der Waals surface area (Å²) in [6.45, 7) is 24.1. The first-order chi connectivity index (χ1) is 19.2. The van der Waals surface area contributed by atoms with Crippen molar-refractivity contribution in [1.82, 2.24) is 14.7 Å². The fourth-order valence-corrected chi connectivity index (χ4v) is 5.36. The number of rotatable bonds is 11. The predicted molar refractivity (Wildman–Crippen MR) is 160 cm³/mol. The molecule has 2 aliphatic rings. The van der Waals surface area contributed by atoms with Gasteiger partial charge in [0, 0.05) is 81.8 Å². The average molecular weight is 576 g/mol. The van der Waals surface area contributed by atoms with Gasteiger partial charge in [-0.05, 0) is 29.5 Å². The quantitative estimate of drug-likeness (QED) is 0.183. The third-order valence-corrected chi connectivity index (χ3v) is 7.85. The van der Waals surface area contributed by atoms with Gasteiger partial charge < -0.3 is 15.1 Å².